The molecule has 1 unspecified atom stereocenters. The Morgan fingerprint density at radius 3 is 2.81 bits per heavy atom. The number of hydrogen-bond acceptors (Lipinski definition) is 3. The molecule has 0 spiro atoms. The van der Waals surface area contributed by atoms with E-state index in [0.717, 1.165) is 12.5 Å². The number of nitrogens with zero attached hydrogens (tertiary/aromatic N) is 1. The molecule has 0 fully saturated rings. The van der Waals surface area contributed by atoms with Crippen LogP contribution in [-0.4, -0.2) is 17.6 Å². The Morgan fingerprint density at radius 1 is 1.44 bits per heavy atom. The number of nitrogens with one attached hydrogen (secondary N) is 1. The Hall–Kier alpha value is -0.410. The van der Waals surface area contributed by atoms with Crippen LogP contribution in [0.4, 0.5) is 0 Å². The molecule has 0 saturated heterocycles. The lowest BCUT2D eigenvalue weighted by Crippen LogP contribution is -2.31. The zero-order valence-corrected chi connectivity index (χ0v) is 11.5. The Bertz CT molecular complexity index is 257. The molecule has 1 atom stereocenters. The van der Waals surface area contributed by atoms with Gasteiger partial charge in [0, 0.05) is 17.1 Å². The molecular formula is C13H24N2S. The van der Waals surface area contributed by atoms with Crippen LogP contribution in [0.1, 0.15) is 44.9 Å². The van der Waals surface area contributed by atoms with Gasteiger partial charge in [0.2, 0.25) is 0 Å². The molecule has 0 amide bonds. The van der Waals surface area contributed by atoms with Crippen LogP contribution < -0.4 is 5.32 Å². The monoisotopic (exact) mass is 240 g/mol. The minimum absolute atomic E-state index is 0.669. The van der Waals surface area contributed by atoms with Crippen LogP contribution >= 0.6 is 11.3 Å². The van der Waals surface area contributed by atoms with Gasteiger partial charge in [-0.1, -0.05) is 20.8 Å². The van der Waals surface area contributed by atoms with Crippen LogP contribution in [0.2, 0.25) is 0 Å². The molecule has 2 nitrogen and oxygen atoms in total. The highest BCUT2D eigenvalue weighted by Gasteiger charge is 2.10. The third kappa shape index (κ3) is 5.61. The smallest absolute Gasteiger partial charge is 0.0794 e. The largest absolute Gasteiger partial charge is 0.314 e. The first-order valence-electron chi connectivity index (χ1n) is 6.33. The number of aromatic nitrogens is 1. The minimum Gasteiger partial charge on any atom is -0.314 e. The summed E-state index contributed by atoms with van der Waals surface area (Å²) in [6.45, 7) is 7.96. The van der Waals surface area contributed by atoms with Crippen LogP contribution in [0.5, 0.6) is 0 Å². The van der Waals surface area contributed by atoms with E-state index in [9.17, 15) is 0 Å². The lowest BCUT2D eigenvalue weighted by molar-refractivity contribution is 0.399. The molecule has 3 heteroatoms. The van der Waals surface area contributed by atoms with Crippen molar-refractivity contribution in [3.05, 3.63) is 16.6 Å². The maximum Gasteiger partial charge on any atom is 0.0794 e. The fraction of sp³-hybridized carbons (Fsp3) is 0.769. The Labute approximate surface area is 103 Å². The van der Waals surface area contributed by atoms with E-state index in [2.05, 4.69) is 31.1 Å². The molecule has 0 radical (unpaired) electrons. The summed E-state index contributed by atoms with van der Waals surface area (Å²) in [6, 6.07) is 0.669. The molecular weight excluding hydrogens is 216 g/mol. The number of aryl methyl sites for hydroxylation is 1. The van der Waals surface area contributed by atoms with Gasteiger partial charge in [-0.15, -0.1) is 11.3 Å². The van der Waals surface area contributed by atoms with E-state index in [-0.39, 0.29) is 0 Å². The van der Waals surface area contributed by atoms with Crippen molar-refractivity contribution in [1.29, 1.82) is 0 Å². The molecule has 0 saturated carbocycles. The summed E-state index contributed by atoms with van der Waals surface area (Å²) in [5.74, 6) is 0.774. The molecule has 92 valence electrons. The van der Waals surface area contributed by atoms with Crippen molar-refractivity contribution in [2.75, 3.05) is 6.54 Å². The second kappa shape index (κ2) is 7.80. The van der Waals surface area contributed by atoms with Crippen LogP contribution in [0.25, 0.3) is 0 Å². The topological polar surface area (TPSA) is 24.9 Å². The van der Waals surface area contributed by atoms with Gasteiger partial charge in [0.15, 0.2) is 0 Å². The van der Waals surface area contributed by atoms with Gasteiger partial charge in [-0.05, 0) is 38.1 Å². The molecule has 1 N–H and O–H groups in total. The van der Waals surface area contributed by atoms with Crippen molar-refractivity contribution in [2.45, 2.75) is 52.5 Å². The average Bonchev–Trinajstić information content (AvgIpc) is 2.74. The van der Waals surface area contributed by atoms with Crippen molar-refractivity contribution in [1.82, 2.24) is 10.3 Å². The van der Waals surface area contributed by atoms with E-state index in [0.29, 0.717) is 6.04 Å². The second-order valence-corrected chi connectivity index (χ2v) is 5.76. The van der Waals surface area contributed by atoms with Gasteiger partial charge >= 0.3 is 0 Å². The van der Waals surface area contributed by atoms with E-state index in [4.69, 9.17) is 0 Å². The zero-order chi connectivity index (χ0) is 11.8. The number of thiazole rings is 1. The summed E-state index contributed by atoms with van der Waals surface area (Å²) in [4.78, 5) is 5.53. The van der Waals surface area contributed by atoms with Crippen molar-refractivity contribution >= 4 is 11.3 Å². The third-order valence-corrected chi connectivity index (χ3v) is 3.50. The normalized spacial score (nSPS) is 13.2. The predicted molar refractivity (Wildman–Crippen MR) is 72.0 cm³/mol. The molecule has 0 aliphatic rings. The molecule has 0 aromatic carbocycles. The quantitative estimate of drug-likeness (QED) is 0.752. The van der Waals surface area contributed by atoms with Gasteiger partial charge in [0.1, 0.15) is 0 Å². The van der Waals surface area contributed by atoms with Crippen LogP contribution in [0.15, 0.2) is 11.7 Å². The van der Waals surface area contributed by atoms with E-state index in [1.807, 2.05) is 11.7 Å². The summed E-state index contributed by atoms with van der Waals surface area (Å²) in [7, 11) is 0. The van der Waals surface area contributed by atoms with Gasteiger partial charge in [0.25, 0.3) is 0 Å². The molecule has 1 aromatic heterocycles. The van der Waals surface area contributed by atoms with Gasteiger partial charge in [-0.25, -0.2) is 0 Å². The predicted octanol–water partition coefficient (Wildman–Crippen LogP) is 3.49. The Kier molecular flexibility index (Phi) is 6.65. The van der Waals surface area contributed by atoms with Crippen molar-refractivity contribution in [2.24, 2.45) is 5.92 Å². The van der Waals surface area contributed by atoms with Crippen molar-refractivity contribution in [3.8, 4) is 0 Å². The summed E-state index contributed by atoms with van der Waals surface area (Å²) < 4.78 is 0. The fourth-order valence-electron chi connectivity index (χ4n) is 1.90. The molecule has 1 rings (SSSR count). The van der Waals surface area contributed by atoms with Gasteiger partial charge in [0.05, 0.1) is 5.51 Å². The average molecular weight is 240 g/mol. The molecule has 1 heterocycles. The van der Waals surface area contributed by atoms with E-state index < -0.39 is 0 Å². The molecule has 1 aromatic rings. The molecule has 16 heavy (non-hydrogen) atoms. The highest BCUT2D eigenvalue weighted by atomic mass is 32.1. The van der Waals surface area contributed by atoms with E-state index >= 15 is 0 Å². The third-order valence-electron chi connectivity index (χ3n) is 2.66. The zero-order valence-electron chi connectivity index (χ0n) is 10.7. The summed E-state index contributed by atoms with van der Waals surface area (Å²) in [5.41, 5.74) is 1.92. The van der Waals surface area contributed by atoms with Crippen LogP contribution in [0.3, 0.4) is 0 Å². The lowest BCUT2D eigenvalue weighted by Gasteiger charge is -2.20. The van der Waals surface area contributed by atoms with Crippen LogP contribution in [-0.2, 0) is 6.42 Å². The Balaban J connectivity index is 2.31. The van der Waals surface area contributed by atoms with Gasteiger partial charge < -0.3 is 5.32 Å². The highest BCUT2D eigenvalue weighted by molar-refractivity contribution is 7.09. The first kappa shape index (κ1) is 13.7. The van der Waals surface area contributed by atoms with Gasteiger partial charge in [-0.2, -0.15) is 0 Å². The summed E-state index contributed by atoms with van der Waals surface area (Å²) in [5, 5.41) is 3.65. The van der Waals surface area contributed by atoms with E-state index in [1.165, 1.54) is 30.6 Å². The lowest BCUT2D eigenvalue weighted by atomic mass is 9.99. The fourth-order valence-corrected chi connectivity index (χ4v) is 2.52. The van der Waals surface area contributed by atoms with E-state index in [1.54, 1.807) is 11.3 Å². The first-order valence-corrected chi connectivity index (χ1v) is 7.21. The first-order chi connectivity index (χ1) is 7.72. The van der Waals surface area contributed by atoms with Crippen molar-refractivity contribution < 1.29 is 0 Å². The standard InChI is InChI=1S/C13H24N2S/c1-4-7-15-12(8-11(2)3)5-6-13-9-14-10-16-13/h9-12,15H,4-8H2,1-3H3. The minimum atomic E-state index is 0.669. The highest BCUT2D eigenvalue weighted by Crippen LogP contribution is 2.14. The molecule has 0 aliphatic carbocycles. The van der Waals surface area contributed by atoms with Crippen molar-refractivity contribution in [3.63, 3.8) is 0 Å². The maximum atomic E-state index is 4.12. The van der Waals surface area contributed by atoms with Crippen LogP contribution in [0, 0.1) is 5.92 Å². The SMILES string of the molecule is CCCNC(CCc1cncs1)CC(C)C. The number of hydrogen-bond donors (Lipinski definition) is 1. The van der Waals surface area contributed by atoms with Gasteiger partial charge in [-0.3, -0.25) is 4.98 Å². The number of rotatable bonds is 8. The second-order valence-electron chi connectivity index (χ2n) is 4.79. The Morgan fingerprint density at radius 2 is 2.25 bits per heavy atom. The summed E-state index contributed by atoms with van der Waals surface area (Å²) in [6.07, 6.45) is 6.89. The molecule has 0 bridgehead atoms. The molecule has 0 aliphatic heterocycles. The summed E-state index contributed by atoms with van der Waals surface area (Å²) >= 11 is 1.77. The maximum absolute atomic E-state index is 4.12.